The predicted molar refractivity (Wildman–Crippen MR) is 139 cm³/mol. The minimum Gasteiger partial charge on any atom is -0.508 e. The largest absolute Gasteiger partial charge is 0.508 e. The molecule has 5 N–H and O–H groups in total. The van der Waals surface area contributed by atoms with Gasteiger partial charge in [0.2, 0.25) is 0 Å². The van der Waals surface area contributed by atoms with E-state index in [1.807, 2.05) is 12.1 Å². The number of carbonyl (C=O) groups is 1. The van der Waals surface area contributed by atoms with E-state index in [9.17, 15) is 20.1 Å². The molecule has 2 aromatic rings. The molecule has 2 spiro atoms. The third-order valence-corrected chi connectivity index (χ3v) is 10.9. The minimum absolute atomic E-state index is 0.00332. The van der Waals surface area contributed by atoms with Gasteiger partial charge < -0.3 is 40.2 Å². The second kappa shape index (κ2) is 7.59. The number of likely N-dealkylation sites (tertiary alicyclic amines) is 1. The lowest BCUT2D eigenvalue weighted by atomic mass is 9.37. The van der Waals surface area contributed by atoms with E-state index in [0.29, 0.717) is 27.5 Å². The van der Waals surface area contributed by atoms with Crippen LogP contribution >= 0.6 is 11.8 Å². The highest BCUT2D eigenvalue weighted by Crippen LogP contribution is 2.76. The second-order valence-corrected chi connectivity index (χ2v) is 12.1. The number of thioether (sulfide) groups is 1. The maximum Gasteiger partial charge on any atom is 0.321 e. The molecule has 2 heterocycles. The van der Waals surface area contributed by atoms with Crippen molar-refractivity contribution in [1.82, 2.24) is 4.90 Å². The Hall–Kier alpha value is -2.92. The molecule has 6 atom stereocenters. The topological polar surface area (TPSA) is 135 Å². The SMILES string of the molecule is COc1ccc2c3c1OC1C4(OC)C=CC5(c6c(O)cc(SCC(N)C(=O)O)c(O)c64)C(C2)N(C)CCC315. The van der Waals surface area contributed by atoms with Crippen LogP contribution in [0.5, 0.6) is 23.0 Å². The highest BCUT2D eigenvalue weighted by Gasteiger charge is 2.79. The van der Waals surface area contributed by atoms with E-state index in [1.54, 1.807) is 20.3 Å². The lowest BCUT2D eigenvalue weighted by Crippen LogP contribution is -2.77. The molecule has 0 radical (unpaired) electrons. The van der Waals surface area contributed by atoms with E-state index >= 15 is 0 Å². The number of aromatic hydroxyl groups is 2. The van der Waals surface area contributed by atoms with E-state index in [0.717, 1.165) is 36.7 Å². The molecule has 1 fully saturated rings. The number of nitrogens with zero attached hydrogens (tertiary/aromatic N) is 1. The summed E-state index contributed by atoms with van der Waals surface area (Å²) >= 11 is 1.10. The summed E-state index contributed by atoms with van der Waals surface area (Å²) in [5.41, 5.74) is 6.78. The molecule has 0 amide bonds. The number of carboxylic acid groups (broad SMARTS) is 1. The van der Waals surface area contributed by atoms with Crippen molar-refractivity contribution in [1.29, 1.82) is 0 Å². The first-order valence-corrected chi connectivity index (χ1v) is 13.7. The average Bonchev–Trinajstić information content (AvgIpc) is 3.28. The molecule has 0 saturated carbocycles. The Kier molecular flexibility index (Phi) is 4.82. The van der Waals surface area contributed by atoms with Crippen LogP contribution in [0.1, 0.15) is 28.7 Å². The van der Waals surface area contributed by atoms with Gasteiger partial charge in [0.15, 0.2) is 17.1 Å². The van der Waals surface area contributed by atoms with Gasteiger partial charge in [-0.2, -0.15) is 0 Å². The lowest BCUT2D eigenvalue weighted by Gasteiger charge is -2.69. The molecule has 8 rings (SSSR count). The van der Waals surface area contributed by atoms with Crippen molar-refractivity contribution in [3.63, 3.8) is 0 Å². The second-order valence-electron chi connectivity index (χ2n) is 11.0. The van der Waals surface area contributed by atoms with Crippen LogP contribution in [0.2, 0.25) is 0 Å². The quantitative estimate of drug-likeness (QED) is 0.246. The van der Waals surface area contributed by atoms with Gasteiger partial charge in [0.1, 0.15) is 23.6 Å². The number of ether oxygens (including phenoxy) is 3. The van der Waals surface area contributed by atoms with Crippen LogP contribution < -0.4 is 15.2 Å². The van der Waals surface area contributed by atoms with E-state index in [1.165, 1.54) is 5.56 Å². The van der Waals surface area contributed by atoms with Crippen molar-refractivity contribution in [3.05, 3.63) is 52.6 Å². The lowest BCUT2D eigenvalue weighted by molar-refractivity contribution is -0.146. The fraction of sp³-hybridized carbons (Fsp3) is 0.464. The number of aliphatic carboxylic acids is 1. The highest BCUT2D eigenvalue weighted by molar-refractivity contribution is 7.99. The first kappa shape index (κ1) is 24.1. The Bertz CT molecular complexity index is 1450. The molecule has 10 heteroatoms. The van der Waals surface area contributed by atoms with Gasteiger partial charge in [0, 0.05) is 41.0 Å². The van der Waals surface area contributed by atoms with Gasteiger partial charge in [-0.3, -0.25) is 4.79 Å². The number of phenolic OH excluding ortho intramolecular Hbond substituents is 2. The molecule has 1 saturated heterocycles. The van der Waals surface area contributed by atoms with Crippen LogP contribution in [0.25, 0.3) is 0 Å². The van der Waals surface area contributed by atoms with Gasteiger partial charge in [-0.05, 0) is 50.2 Å². The van der Waals surface area contributed by atoms with Gasteiger partial charge in [0.25, 0.3) is 0 Å². The molecule has 2 aromatic carbocycles. The average molecular weight is 539 g/mol. The Labute approximate surface area is 224 Å². The summed E-state index contributed by atoms with van der Waals surface area (Å²) in [6, 6.07) is 4.51. The summed E-state index contributed by atoms with van der Waals surface area (Å²) in [6.45, 7) is 0.846. The summed E-state index contributed by atoms with van der Waals surface area (Å²) in [5.74, 6) is 0.272. The van der Waals surface area contributed by atoms with E-state index in [4.69, 9.17) is 19.9 Å². The van der Waals surface area contributed by atoms with Crippen molar-refractivity contribution < 1.29 is 34.3 Å². The Balaban J connectivity index is 1.54. The number of benzene rings is 2. The molecule has 2 aliphatic heterocycles. The maximum absolute atomic E-state index is 11.8. The van der Waals surface area contributed by atoms with Crippen LogP contribution in [-0.4, -0.2) is 77.9 Å². The van der Waals surface area contributed by atoms with E-state index < -0.39 is 34.5 Å². The van der Waals surface area contributed by atoms with Crippen molar-refractivity contribution in [2.75, 3.05) is 33.6 Å². The Morgan fingerprint density at radius 1 is 1.26 bits per heavy atom. The number of methoxy groups -OCH3 is 2. The van der Waals surface area contributed by atoms with E-state index in [-0.39, 0.29) is 23.3 Å². The number of likely N-dealkylation sites (N-methyl/N-ethyl adjacent to an activating group) is 1. The van der Waals surface area contributed by atoms with Crippen LogP contribution in [0.15, 0.2) is 35.2 Å². The number of carboxylic acids is 1. The summed E-state index contributed by atoms with van der Waals surface area (Å²) in [6.07, 6.45) is 5.18. The number of piperidine rings is 1. The molecule has 4 aliphatic carbocycles. The van der Waals surface area contributed by atoms with E-state index in [2.05, 4.69) is 24.1 Å². The minimum atomic E-state index is -1.19. The first-order chi connectivity index (χ1) is 18.2. The normalized spacial score (nSPS) is 33.9. The number of hydrogen-bond donors (Lipinski definition) is 4. The molecule has 0 aromatic heterocycles. The zero-order valence-corrected chi connectivity index (χ0v) is 22.2. The van der Waals surface area contributed by atoms with Gasteiger partial charge in [0.05, 0.1) is 17.4 Å². The summed E-state index contributed by atoms with van der Waals surface area (Å²) in [5, 5.41) is 32.8. The van der Waals surface area contributed by atoms with Crippen LogP contribution in [0.4, 0.5) is 0 Å². The fourth-order valence-electron chi connectivity index (χ4n) is 8.27. The number of nitrogens with two attached hydrogens (primary N) is 1. The third-order valence-electron chi connectivity index (χ3n) is 9.73. The summed E-state index contributed by atoms with van der Waals surface area (Å²) < 4.78 is 18.9. The standard InChI is InChI=1S/C28H30N2O7S/c1-30-9-8-27-19-13-4-5-16(35-2)23(19)37-25(27)28(36-3)7-6-26(27,18(30)10-13)20-15(31)11-17(22(32)21(20)28)38-12-14(29)24(33)34/h4-7,11,14,18,25,31-32H,8-10,12,29H2,1-3H3,(H,33,34). The molecular weight excluding hydrogens is 508 g/mol. The fourth-order valence-corrected chi connectivity index (χ4v) is 9.21. The first-order valence-electron chi connectivity index (χ1n) is 12.7. The van der Waals surface area contributed by atoms with Gasteiger partial charge >= 0.3 is 5.97 Å². The summed E-state index contributed by atoms with van der Waals surface area (Å²) in [4.78, 5) is 14.0. The number of phenols is 2. The zero-order valence-electron chi connectivity index (χ0n) is 21.4. The maximum atomic E-state index is 11.8. The molecule has 9 nitrogen and oxygen atoms in total. The van der Waals surface area contributed by atoms with Crippen LogP contribution in [0.3, 0.4) is 0 Å². The molecule has 6 aliphatic rings. The third kappa shape index (κ3) is 2.44. The Morgan fingerprint density at radius 2 is 2.05 bits per heavy atom. The van der Waals surface area contributed by atoms with Crippen molar-refractivity contribution in [2.24, 2.45) is 5.73 Å². The number of hydrogen-bond acceptors (Lipinski definition) is 9. The molecule has 38 heavy (non-hydrogen) atoms. The number of rotatable bonds is 6. The molecule has 4 bridgehead atoms. The Morgan fingerprint density at radius 3 is 2.76 bits per heavy atom. The summed E-state index contributed by atoms with van der Waals surface area (Å²) in [7, 11) is 5.34. The molecule has 6 unspecified atom stereocenters. The smallest absolute Gasteiger partial charge is 0.321 e. The van der Waals surface area contributed by atoms with Gasteiger partial charge in [-0.15, -0.1) is 11.8 Å². The molecular formula is C28H30N2O7S. The van der Waals surface area contributed by atoms with Crippen molar-refractivity contribution >= 4 is 17.7 Å². The van der Waals surface area contributed by atoms with Gasteiger partial charge in [-0.25, -0.2) is 0 Å². The van der Waals surface area contributed by atoms with Crippen molar-refractivity contribution in [3.8, 4) is 23.0 Å². The van der Waals surface area contributed by atoms with Crippen LogP contribution in [0, 0.1) is 0 Å². The van der Waals surface area contributed by atoms with Crippen molar-refractivity contribution in [2.45, 2.75) is 52.4 Å². The van der Waals surface area contributed by atoms with Crippen LogP contribution in [-0.2, 0) is 32.4 Å². The highest BCUT2D eigenvalue weighted by atomic mass is 32.2. The van der Waals surface area contributed by atoms with Gasteiger partial charge in [-0.1, -0.05) is 12.1 Å². The zero-order chi connectivity index (χ0) is 26.8. The monoisotopic (exact) mass is 538 g/mol. The predicted octanol–water partition coefficient (Wildman–Crippen LogP) is 2.23. The molecule has 200 valence electrons.